The molecule has 1 unspecified atom stereocenters. The lowest BCUT2D eigenvalue weighted by Crippen LogP contribution is -2.33. The van der Waals surface area contributed by atoms with Crippen LogP contribution in [0.4, 0.5) is 4.39 Å². The molecule has 7 nitrogen and oxygen atoms in total. The molecular formula is C22H20FN5O2. The lowest BCUT2D eigenvalue weighted by Gasteiger charge is -2.22. The molecule has 1 aromatic carbocycles. The van der Waals surface area contributed by atoms with Gasteiger partial charge in [0, 0.05) is 23.2 Å². The van der Waals surface area contributed by atoms with Gasteiger partial charge in [0.2, 0.25) is 0 Å². The molecule has 0 saturated carbocycles. The van der Waals surface area contributed by atoms with Crippen LogP contribution in [0.2, 0.25) is 0 Å². The zero-order valence-electron chi connectivity index (χ0n) is 16.4. The van der Waals surface area contributed by atoms with Crippen LogP contribution in [0.15, 0.2) is 59.5 Å². The topological polar surface area (TPSA) is 104 Å². The van der Waals surface area contributed by atoms with E-state index in [0.717, 1.165) is 0 Å². The van der Waals surface area contributed by atoms with Crippen LogP contribution in [0.1, 0.15) is 36.1 Å². The van der Waals surface area contributed by atoms with E-state index in [1.54, 1.807) is 36.5 Å². The number of H-pyrrole nitrogens is 2. The van der Waals surface area contributed by atoms with E-state index in [0.29, 0.717) is 28.1 Å². The van der Waals surface area contributed by atoms with Gasteiger partial charge in [0.1, 0.15) is 17.2 Å². The molecule has 0 aliphatic heterocycles. The molecule has 1 amide bonds. The van der Waals surface area contributed by atoms with Crippen molar-refractivity contribution in [2.45, 2.75) is 19.9 Å². The van der Waals surface area contributed by atoms with E-state index >= 15 is 0 Å². The summed E-state index contributed by atoms with van der Waals surface area (Å²) in [5.74, 6) is -0.545. The minimum absolute atomic E-state index is 0.0547. The number of benzene rings is 1. The highest BCUT2D eigenvalue weighted by Gasteiger charge is 2.23. The first-order chi connectivity index (χ1) is 14.4. The summed E-state index contributed by atoms with van der Waals surface area (Å²) in [6, 6.07) is 12.2. The lowest BCUT2D eigenvalue weighted by molar-refractivity contribution is 0.0920. The zero-order valence-corrected chi connectivity index (χ0v) is 16.4. The number of rotatable bonds is 5. The highest BCUT2D eigenvalue weighted by molar-refractivity contribution is 5.98. The Morgan fingerprint density at radius 2 is 1.93 bits per heavy atom. The quantitative estimate of drug-likeness (QED) is 0.472. The Balaban J connectivity index is 1.67. The summed E-state index contributed by atoms with van der Waals surface area (Å²) in [4.78, 5) is 39.5. The van der Waals surface area contributed by atoms with Crippen molar-refractivity contribution >= 4 is 16.8 Å². The largest absolute Gasteiger partial charge is 0.350 e. The first kappa shape index (κ1) is 19.5. The Labute approximate surface area is 171 Å². The van der Waals surface area contributed by atoms with Crippen molar-refractivity contribution in [1.29, 1.82) is 0 Å². The van der Waals surface area contributed by atoms with Crippen LogP contribution in [-0.4, -0.2) is 25.8 Å². The zero-order chi connectivity index (χ0) is 21.3. The molecule has 0 aliphatic carbocycles. The van der Waals surface area contributed by atoms with E-state index in [-0.39, 0.29) is 17.2 Å². The predicted molar refractivity (Wildman–Crippen MR) is 111 cm³/mol. The first-order valence-electron chi connectivity index (χ1n) is 9.53. The monoisotopic (exact) mass is 405 g/mol. The van der Waals surface area contributed by atoms with Crippen molar-refractivity contribution in [3.63, 3.8) is 0 Å². The molecule has 4 rings (SSSR count). The fourth-order valence-electron chi connectivity index (χ4n) is 3.30. The second-order valence-electron chi connectivity index (χ2n) is 7.31. The second-order valence-corrected chi connectivity index (χ2v) is 7.31. The summed E-state index contributed by atoms with van der Waals surface area (Å²) in [7, 11) is 0. The van der Waals surface area contributed by atoms with Gasteiger partial charge in [-0.15, -0.1) is 0 Å². The molecular weight excluding hydrogens is 385 g/mol. The summed E-state index contributed by atoms with van der Waals surface area (Å²) >= 11 is 0. The Morgan fingerprint density at radius 1 is 1.10 bits per heavy atom. The Kier molecular flexibility index (Phi) is 5.14. The average molecular weight is 405 g/mol. The smallest absolute Gasteiger partial charge is 0.268 e. The van der Waals surface area contributed by atoms with E-state index in [1.165, 1.54) is 18.2 Å². The van der Waals surface area contributed by atoms with Crippen molar-refractivity contribution in [2.75, 3.05) is 0 Å². The molecule has 4 aromatic rings. The van der Waals surface area contributed by atoms with E-state index in [2.05, 4.69) is 25.3 Å². The fraction of sp³-hybridized carbons (Fsp3) is 0.182. The Bertz CT molecular complexity index is 1260. The summed E-state index contributed by atoms with van der Waals surface area (Å²) in [6.07, 6.45) is 1.61. The summed E-state index contributed by atoms with van der Waals surface area (Å²) < 4.78 is 14.0. The molecule has 0 fully saturated rings. The third-order valence-electron chi connectivity index (χ3n) is 4.80. The number of fused-ring (bicyclic) bond motifs is 1. The van der Waals surface area contributed by atoms with Crippen LogP contribution in [0.3, 0.4) is 0 Å². The maximum atomic E-state index is 14.0. The van der Waals surface area contributed by atoms with Crippen molar-refractivity contribution in [3.05, 3.63) is 82.3 Å². The summed E-state index contributed by atoms with van der Waals surface area (Å²) in [5, 5.41) is 3.25. The van der Waals surface area contributed by atoms with Crippen LogP contribution < -0.4 is 10.9 Å². The van der Waals surface area contributed by atoms with Gasteiger partial charge < -0.3 is 15.3 Å². The van der Waals surface area contributed by atoms with Crippen LogP contribution in [0, 0.1) is 11.7 Å². The van der Waals surface area contributed by atoms with Crippen molar-refractivity contribution in [2.24, 2.45) is 5.92 Å². The highest BCUT2D eigenvalue weighted by Crippen LogP contribution is 2.23. The molecule has 152 valence electrons. The minimum atomic E-state index is -0.529. The molecule has 0 aliphatic rings. The van der Waals surface area contributed by atoms with Gasteiger partial charge in [-0.25, -0.2) is 9.37 Å². The molecule has 0 bridgehead atoms. The molecule has 1 atom stereocenters. The number of aromatic nitrogens is 4. The molecule has 3 aromatic heterocycles. The number of nitrogens with zero attached hydrogens (tertiary/aromatic N) is 2. The van der Waals surface area contributed by atoms with E-state index in [9.17, 15) is 14.0 Å². The Hall–Kier alpha value is -3.81. The van der Waals surface area contributed by atoms with E-state index in [1.807, 2.05) is 13.8 Å². The molecule has 0 spiro atoms. The third kappa shape index (κ3) is 3.84. The van der Waals surface area contributed by atoms with Crippen LogP contribution in [0.5, 0.6) is 0 Å². The van der Waals surface area contributed by atoms with Gasteiger partial charge in [0.25, 0.3) is 11.5 Å². The molecule has 3 N–H and O–H groups in total. The molecule has 0 radical (unpaired) electrons. The number of hydrogen-bond donors (Lipinski definition) is 3. The lowest BCUT2D eigenvalue weighted by atomic mass is 10.00. The first-order valence-corrected chi connectivity index (χ1v) is 9.53. The summed E-state index contributed by atoms with van der Waals surface area (Å²) in [6.45, 7) is 3.83. The molecule has 30 heavy (non-hydrogen) atoms. The number of halogens is 1. The number of carbonyl (C=O) groups is 1. The number of carbonyl (C=O) groups excluding carboxylic acids is 1. The standard InChI is InChI=1S/C22H20FN5O2/c1-12(2)20(17-11-19(29)27-21(26-17)16-7-3-4-9-24-16)28-22(30)18-10-13-14(23)6-5-8-15(13)25-18/h3-12,20,25H,1-2H3,(H,28,30)(H,26,27,29). The van der Waals surface area contributed by atoms with Gasteiger partial charge in [-0.3, -0.25) is 14.6 Å². The fourth-order valence-corrected chi connectivity index (χ4v) is 3.30. The Morgan fingerprint density at radius 3 is 2.63 bits per heavy atom. The van der Waals surface area contributed by atoms with Crippen LogP contribution in [0.25, 0.3) is 22.4 Å². The number of hydrogen-bond acceptors (Lipinski definition) is 4. The molecule has 3 heterocycles. The van der Waals surface area contributed by atoms with Crippen LogP contribution >= 0.6 is 0 Å². The van der Waals surface area contributed by atoms with Crippen molar-refractivity contribution < 1.29 is 9.18 Å². The van der Waals surface area contributed by atoms with Gasteiger partial charge in [-0.05, 0) is 36.2 Å². The van der Waals surface area contributed by atoms with Crippen LogP contribution in [-0.2, 0) is 0 Å². The molecule has 0 saturated heterocycles. The van der Waals surface area contributed by atoms with Gasteiger partial charge in [0.05, 0.1) is 11.7 Å². The SMILES string of the molecule is CC(C)C(NC(=O)c1cc2c(F)cccc2[nH]1)c1cc(=O)[nH]c(-c2ccccn2)n1. The minimum Gasteiger partial charge on any atom is -0.350 e. The number of nitrogens with one attached hydrogen (secondary N) is 3. The summed E-state index contributed by atoms with van der Waals surface area (Å²) in [5.41, 5.74) is 1.37. The maximum absolute atomic E-state index is 14.0. The van der Waals surface area contributed by atoms with Gasteiger partial charge in [0.15, 0.2) is 5.82 Å². The maximum Gasteiger partial charge on any atom is 0.268 e. The van der Waals surface area contributed by atoms with Crippen molar-refractivity contribution in [3.8, 4) is 11.5 Å². The van der Waals surface area contributed by atoms with Gasteiger partial charge in [-0.2, -0.15) is 0 Å². The number of pyridine rings is 1. The van der Waals surface area contributed by atoms with Gasteiger partial charge >= 0.3 is 0 Å². The molecule has 8 heteroatoms. The van der Waals surface area contributed by atoms with E-state index < -0.39 is 17.8 Å². The predicted octanol–water partition coefficient (Wildman–Crippen LogP) is 3.58. The number of aromatic amines is 2. The normalized spacial score (nSPS) is 12.3. The van der Waals surface area contributed by atoms with Gasteiger partial charge in [-0.1, -0.05) is 26.0 Å². The van der Waals surface area contributed by atoms with Crippen molar-refractivity contribution in [1.82, 2.24) is 25.3 Å². The second kappa shape index (κ2) is 7.90. The highest BCUT2D eigenvalue weighted by atomic mass is 19.1. The average Bonchev–Trinajstić information content (AvgIpc) is 3.18. The van der Waals surface area contributed by atoms with E-state index in [4.69, 9.17) is 0 Å². The number of amides is 1. The third-order valence-corrected chi connectivity index (χ3v) is 4.80.